The summed E-state index contributed by atoms with van der Waals surface area (Å²) in [7, 11) is 1.63. The standard InChI is InChI=1S/C12H16O3/c1-10(13)4-3-9-15-12-7-5-11(14-2)6-8-12/h5-8H,3-4,9H2,1-2H3. The molecule has 0 aliphatic rings. The van der Waals surface area contributed by atoms with Gasteiger partial charge < -0.3 is 14.3 Å². The van der Waals surface area contributed by atoms with Crippen molar-refractivity contribution in [2.24, 2.45) is 0 Å². The molecule has 0 bridgehead atoms. The first kappa shape index (κ1) is 11.6. The first-order chi connectivity index (χ1) is 7.22. The number of rotatable bonds is 6. The van der Waals surface area contributed by atoms with Crippen molar-refractivity contribution in [1.82, 2.24) is 0 Å². The number of hydrogen-bond acceptors (Lipinski definition) is 3. The molecule has 0 saturated heterocycles. The number of methoxy groups -OCH3 is 1. The SMILES string of the molecule is COc1ccc(OCCCC(C)=O)cc1. The maximum atomic E-state index is 10.7. The van der Waals surface area contributed by atoms with E-state index >= 15 is 0 Å². The average molecular weight is 208 g/mol. The van der Waals surface area contributed by atoms with Gasteiger partial charge in [0.2, 0.25) is 0 Å². The Kier molecular flexibility index (Phi) is 4.68. The van der Waals surface area contributed by atoms with Gasteiger partial charge in [0.15, 0.2) is 0 Å². The highest BCUT2D eigenvalue weighted by atomic mass is 16.5. The molecular formula is C12H16O3. The predicted molar refractivity (Wildman–Crippen MR) is 58.4 cm³/mol. The molecule has 0 aliphatic heterocycles. The van der Waals surface area contributed by atoms with Gasteiger partial charge in [-0.15, -0.1) is 0 Å². The van der Waals surface area contributed by atoms with E-state index in [2.05, 4.69) is 0 Å². The lowest BCUT2D eigenvalue weighted by Gasteiger charge is -2.05. The number of ether oxygens (including phenoxy) is 2. The van der Waals surface area contributed by atoms with Crippen molar-refractivity contribution < 1.29 is 14.3 Å². The molecule has 3 heteroatoms. The zero-order chi connectivity index (χ0) is 11.1. The van der Waals surface area contributed by atoms with Gasteiger partial charge >= 0.3 is 0 Å². The van der Waals surface area contributed by atoms with E-state index in [4.69, 9.17) is 9.47 Å². The van der Waals surface area contributed by atoms with Crippen LogP contribution in [-0.2, 0) is 4.79 Å². The summed E-state index contributed by atoms with van der Waals surface area (Å²) in [6.07, 6.45) is 1.34. The van der Waals surface area contributed by atoms with Crippen molar-refractivity contribution in [3.05, 3.63) is 24.3 Å². The number of benzene rings is 1. The Bertz CT molecular complexity index is 303. The van der Waals surface area contributed by atoms with Crippen LogP contribution >= 0.6 is 0 Å². The van der Waals surface area contributed by atoms with Crippen LogP contribution in [-0.4, -0.2) is 19.5 Å². The monoisotopic (exact) mass is 208 g/mol. The van der Waals surface area contributed by atoms with Gasteiger partial charge in [-0.25, -0.2) is 0 Å². The number of hydrogen-bond donors (Lipinski definition) is 0. The number of Topliss-reactive ketones (excluding diaryl/α,β-unsaturated/α-hetero) is 1. The zero-order valence-electron chi connectivity index (χ0n) is 9.16. The molecule has 0 fully saturated rings. The third-order valence-electron chi connectivity index (χ3n) is 2.00. The van der Waals surface area contributed by atoms with Crippen LogP contribution in [0.5, 0.6) is 11.5 Å². The van der Waals surface area contributed by atoms with Gasteiger partial charge in [0.05, 0.1) is 13.7 Å². The fourth-order valence-electron chi connectivity index (χ4n) is 1.18. The van der Waals surface area contributed by atoms with Crippen molar-refractivity contribution in [3.63, 3.8) is 0 Å². The van der Waals surface area contributed by atoms with Gasteiger partial charge in [-0.05, 0) is 37.6 Å². The highest BCUT2D eigenvalue weighted by Gasteiger charge is 1.96. The van der Waals surface area contributed by atoms with E-state index in [-0.39, 0.29) is 5.78 Å². The summed E-state index contributed by atoms with van der Waals surface area (Å²) in [6.45, 7) is 2.17. The number of ketones is 1. The molecule has 0 saturated carbocycles. The van der Waals surface area contributed by atoms with Crippen molar-refractivity contribution in [3.8, 4) is 11.5 Å². The van der Waals surface area contributed by atoms with Crippen LogP contribution in [0.4, 0.5) is 0 Å². The molecule has 3 nitrogen and oxygen atoms in total. The quantitative estimate of drug-likeness (QED) is 0.673. The van der Waals surface area contributed by atoms with Crippen LogP contribution in [0.15, 0.2) is 24.3 Å². The molecule has 0 heterocycles. The van der Waals surface area contributed by atoms with Crippen molar-refractivity contribution >= 4 is 5.78 Å². The maximum absolute atomic E-state index is 10.7. The predicted octanol–water partition coefficient (Wildman–Crippen LogP) is 2.44. The molecule has 1 rings (SSSR count). The van der Waals surface area contributed by atoms with Crippen molar-refractivity contribution in [1.29, 1.82) is 0 Å². The highest BCUT2D eigenvalue weighted by Crippen LogP contribution is 2.17. The Labute approximate surface area is 90.0 Å². The molecule has 0 unspecified atom stereocenters. The third kappa shape index (κ3) is 4.49. The molecule has 0 N–H and O–H groups in total. The molecule has 0 amide bonds. The molecule has 0 aromatic heterocycles. The molecule has 1 aromatic carbocycles. The summed E-state index contributed by atoms with van der Waals surface area (Å²) in [5.41, 5.74) is 0. The molecule has 0 aliphatic carbocycles. The number of carbonyl (C=O) groups excluding carboxylic acids is 1. The van der Waals surface area contributed by atoms with Crippen LogP contribution in [0.3, 0.4) is 0 Å². The van der Waals surface area contributed by atoms with E-state index in [0.717, 1.165) is 17.9 Å². The third-order valence-corrected chi connectivity index (χ3v) is 2.00. The summed E-state index contributed by atoms with van der Waals surface area (Å²) in [5.74, 6) is 1.82. The van der Waals surface area contributed by atoms with Gasteiger partial charge in [-0.3, -0.25) is 0 Å². The maximum Gasteiger partial charge on any atom is 0.129 e. The molecule has 15 heavy (non-hydrogen) atoms. The zero-order valence-corrected chi connectivity index (χ0v) is 9.16. The van der Waals surface area contributed by atoms with Crippen LogP contribution in [0.25, 0.3) is 0 Å². The lowest BCUT2D eigenvalue weighted by molar-refractivity contribution is -0.117. The van der Waals surface area contributed by atoms with Crippen LogP contribution in [0.2, 0.25) is 0 Å². The van der Waals surface area contributed by atoms with Crippen molar-refractivity contribution in [2.45, 2.75) is 19.8 Å². The van der Waals surface area contributed by atoms with E-state index in [1.807, 2.05) is 24.3 Å². The molecule has 82 valence electrons. The highest BCUT2D eigenvalue weighted by molar-refractivity contribution is 5.75. The molecule has 0 radical (unpaired) electrons. The van der Waals surface area contributed by atoms with Gasteiger partial charge in [0.25, 0.3) is 0 Å². The molecule has 1 aromatic rings. The topological polar surface area (TPSA) is 35.5 Å². The van der Waals surface area contributed by atoms with Gasteiger partial charge in [-0.1, -0.05) is 0 Å². The fraction of sp³-hybridized carbons (Fsp3) is 0.417. The Morgan fingerprint density at radius 2 is 1.80 bits per heavy atom. The molecule has 0 atom stereocenters. The Hall–Kier alpha value is -1.51. The van der Waals surface area contributed by atoms with E-state index in [9.17, 15) is 4.79 Å². The summed E-state index contributed by atoms with van der Waals surface area (Å²) < 4.78 is 10.5. The van der Waals surface area contributed by atoms with Crippen LogP contribution < -0.4 is 9.47 Å². The normalized spacial score (nSPS) is 9.73. The van der Waals surface area contributed by atoms with E-state index in [1.165, 1.54) is 0 Å². The summed E-state index contributed by atoms with van der Waals surface area (Å²) in [6, 6.07) is 7.40. The minimum atomic E-state index is 0.202. The largest absolute Gasteiger partial charge is 0.497 e. The minimum Gasteiger partial charge on any atom is -0.497 e. The lowest BCUT2D eigenvalue weighted by Crippen LogP contribution is -2.00. The molecular weight excluding hydrogens is 192 g/mol. The van der Waals surface area contributed by atoms with Crippen molar-refractivity contribution in [2.75, 3.05) is 13.7 Å². The fourth-order valence-corrected chi connectivity index (χ4v) is 1.18. The average Bonchev–Trinajstić information content (AvgIpc) is 2.25. The van der Waals surface area contributed by atoms with Gasteiger partial charge in [0, 0.05) is 6.42 Å². The Morgan fingerprint density at radius 1 is 1.20 bits per heavy atom. The summed E-state index contributed by atoms with van der Waals surface area (Å²) >= 11 is 0. The number of carbonyl (C=O) groups is 1. The van der Waals surface area contributed by atoms with Gasteiger partial charge in [0.1, 0.15) is 17.3 Å². The van der Waals surface area contributed by atoms with E-state index < -0.39 is 0 Å². The summed E-state index contributed by atoms with van der Waals surface area (Å²) in [5, 5.41) is 0. The second-order valence-corrected chi connectivity index (χ2v) is 3.33. The van der Waals surface area contributed by atoms with E-state index in [0.29, 0.717) is 13.0 Å². The second kappa shape index (κ2) is 6.06. The lowest BCUT2D eigenvalue weighted by atomic mass is 10.2. The first-order valence-corrected chi connectivity index (χ1v) is 4.98. The summed E-state index contributed by atoms with van der Waals surface area (Å²) in [4.78, 5) is 10.7. The first-order valence-electron chi connectivity index (χ1n) is 4.98. The Balaban J connectivity index is 2.28. The van der Waals surface area contributed by atoms with Gasteiger partial charge in [-0.2, -0.15) is 0 Å². The second-order valence-electron chi connectivity index (χ2n) is 3.33. The molecule has 0 spiro atoms. The smallest absolute Gasteiger partial charge is 0.129 e. The minimum absolute atomic E-state index is 0.202. The Morgan fingerprint density at radius 3 is 2.33 bits per heavy atom. The van der Waals surface area contributed by atoms with E-state index in [1.54, 1.807) is 14.0 Å². The van der Waals surface area contributed by atoms with Crippen LogP contribution in [0, 0.1) is 0 Å². The van der Waals surface area contributed by atoms with Crippen LogP contribution in [0.1, 0.15) is 19.8 Å².